The molecule has 146 valence electrons. The Balaban J connectivity index is 2.13. The van der Waals surface area contributed by atoms with Gasteiger partial charge in [-0.2, -0.15) is 0 Å². The lowest BCUT2D eigenvalue weighted by atomic mass is 10.1. The number of amides is 1. The zero-order chi connectivity index (χ0) is 20.5. The minimum Gasteiger partial charge on any atom is -0.487 e. The van der Waals surface area contributed by atoms with Crippen LogP contribution in [0.25, 0.3) is 29.1 Å². The smallest absolute Gasteiger partial charge is 0.256 e. The Morgan fingerprint density at radius 1 is 1.28 bits per heavy atom. The van der Waals surface area contributed by atoms with Crippen molar-refractivity contribution in [3.63, 3.8) is 0 Å². The summed E-state index contributed by atoms with van der Waals surface area (Å²) in [6, 6.07) is 11.5. The van der Waals surface area contributed by atoms with E-state index in [0.29, 0.717) is 18.0 Å². The SMILES string of the molecule is C=c1\c2c(=O)c(C(=O)NCC)cn1-c1cc3ccccc3cc1OC/C=C(F)\C=2. The number of pyridine rings is 1. The number of fused-ring (bicyclic) bond motifs is 5. The Kier molecular flexibility index (Phi) is 4.76. The molecule has 0 spiro atoms. The van der Waals surface area contributed by atoms with E-state index in [-0.39, 0.29) is 22.7 Å². The van der Waals surface area contributed by atoms with Gasteiger partial charge in [-0.25, -0.2) is 4.39 Å². The summed E-state index contributed by atoms with van der Waals surface area (Å²) in [7, 11) is 0. The number of hydrogen-bond acceptors (Lipinski definition) is 3. The van der Waals surface area contributed by atoms with E-state index in [1.165, 1.54) is 12.3 Å². The van der Waals surface area contributed by atoms with Gasteiger partial charge in [0.25, 0.3) is 5.91 Å². The molecular formula is C23H19FN2O3. The second-order valence-electron chi connectivity index (χ2n) is 6.67. The number of nitrogens with zero attached hydrogens (tertiary/aromatic N) is 1. The third-order valence-corrected chi connectivity index (χ3v) is 4.82. The van der Waals surface area contributed by atoms with Crippen LogP contribution < -0.4 is 26.1 Å². The summed E-state index contributed by atoms with van der Waals surface area (Å²) in [6.45, 7) is 6.11. The number of benzene rings is 2. The highest BCUT2D eigenvalue weighted by Gasteiger charge is 2.17. The van der Waals surface area contributed by atoms with Gasteiger partial charge >= 0.3 is 0 Å². The van der Waals surface area contributed by atoms with Gasteiger partial charge in [0.05, 0.1) is 5.69 Å². The van der Waals surface area contributed by atoms with Gasteiger partial charge in [0.15, 0.2) is 0 Å². The minimum atomic E-state index is -0.629. The fourth-order valence-corrected chi connectivity index (χ4v) is 3.37. The maximum absolute atomic E-state index is 14.4. The predicted octanol–water partition coefficient (Wildman–Crippen LogP) is 2.18. The molecule has 6 heteroatoms. The van der Waals surface area contributed by atoms with Crippen LogP contribution in [0, 0.1) is 0 Å². The molecule has 0 fully saturated rings. The molecule has 4 rings (SSSR count). The van der Waals surface area contributed by atoms with Gasteiger partial charge in [-0.15, -0.1) is 0 Å². The van der Waals surface area contributed by atoms with Crippen molar-refractivity contribution < 1.29 is 13.9 Å². The van der Waals surface area contributed by atoms with E-state index in [9.17, 15) is 14.0 Å². The molecular weight excluding hydrogens is 371 g/mol. The summed E-state index contributed by atoms with van der Waals surface area (Å²) in [5, 5.41) is 4.84. The quantitative estimate of drug-likeness (QED) is 0.730. The average molecular weight is 390 g/mol. The highest BCUT2D eigenvalue weighted by atomic mass is 19.1. The van der Waals surface area contributed by atoms with E-state index in [2.05, 4.69) is 11.9 Å². The van der Waals surface area contributed by atoms with Crippen LogP contribution in [-0.4, -0.2) is 23.6 Å². The molecule has 1 N–H and O–H groups in total. The molecule has 0 saturated carbocycles. The molecule has 2 bridgehead atoms. The lowest BCUT2D eigenvalue weighted by Gasteiger charge is -2.17. The van der Waals surface area contributed by atoms with Crippen molar-refractivity contribution in [3.8, 4) is 11.4 Å². The molecule has 29 heavy (non-hydrogen) atoms. The largest absolute Gasteiger partial charge is 0.487 e. The Bertz CT molecular complexity index is 1340. The van der Waals surface area contributed by atoms with Crippen molar-refractivity contribution in [3.05, 3.63) is 80.9 Å². The third kappa shape index (κ3) is 3.33. The molecule has 1 aliphatic heterocycles. The zero-order valence-corrected chi connectivity index (χ0v) is 15.9. The fourth-order valence-electron chi connectivity index (χ4n) is 3.37. The van der Waals surface area contributed by atoms with Gasteiger partial charge in [-0.3, -0.25) is 9.59 Å². The topological polar surface area (TPSA) is 60.3 Å². The van der Waals surface area contributed by atoms with Crippen molar-refractivity contribution in [1.29, 1.82) is 0 Å². The van der Waals surface area contributed by atoms with Gasteiger partial charge in [0.2, 0.25) is 5.43 Å². The number of allylic oxidation sites excluding steroid dienone is 1. The Morgan fingerprint density at radius 3 is 2.72 bits per heavy atom. The van der Waals surface area contributed by atoms with Gasteiger partial charge in [0.1, 0.15) is 23.7 Å². The molecule has 0 radical (unpaired) electrons. The van der Waals surface area contributed by atoms with Crippen molar-refractivity contribution in [2.45, 2.75) is 6.92 Å². The standard InChI is InChI=1S/C23H19FN2O3/c1-3-25-23(28)19-13-26-14(2)18(22(19)27)12-17(24)8-9-29-21-11-16-7-5-4-6-15(16)10-20(21)26/h4-8,10-13H,2-3,9H2,1H3,(H,25,28)/b17-8+,18-12+. The average Bonchev–Trinajstić information content (AvgIpc) is 2.70. The van der Waals surface area contributed by atoms with E-state index < -0.39 is 17.2 Å². The first-order valence-electron chi connectivity index (χ1n) is 9.25. The molecule has 0 aliphatic carbocycles. The molecule has 1 aromatic heterocycles. The second kappa shape index (κ2) is 7.39. The number of aromatic nitrogens is 1. The van der Waals surface area contributed by atoms with Crippen LogP contribution in [0.4, 0.5) is 4.39 Å². The highest BCUT2D eigenvalue weighted by Crippen LogP contribution is 2.28. The molecule has 0 atom stereocenters. The van der Waals surface area contributed by atoms with Crippen molar-refractivity contribution in [2.24, 2.45) is 0 Å². The van der Waals surface area contributed by atoms with Crippen LogP contribution >= 0.6 is 0 Å². The molecule has 2 heterocycles. The predicted molar refractivity (Wildman–Crippen MR) is 111 cm³/mol. The fraction of sp³-hybridized carbons (Fsp3) is 0.130. The third-order valence-electron chi connectivity index (χ3n) is 4.82. The molecule has 3 aromatic rings. The van der Waals surface area contributed by atoms with Gasteiger partial charge < -0.3 is 14.6 Å². The number of rotatable bonds is 2. The van der Waals surface area contributed by atoms with E-state index in [1.54, 1.807) is 11.5 Å². The van der Waals surface area contributed by atoms with Crippen LogP contribution in [-0.2, 0) is 0 Å². The van der Waals surface area contributed by atoms with Gasteiger partial charge in [0, 0.05) is 23.3 Å². The zero-order valence-electron chi connectivity index (χ0n) is 15.9. The number of nitrogens with one attached hydrogen (secondary N) is 1. The molecule has 0 saturated heterocycles. The van der Waals surface area contributed by atoms with Crippen LogP contribution in [0.15, 0.2) is 59.3 Å². The number of carbonyl (C=O) groups excluding carboxylic acids is 1. The lowest BCUT2D eigenvalue weighted by molar-refractivity contribution is 0.0954. The van der Waals surface area contributed by atoms with E-state index in [1.807, 2.05) is 36.4 Å². The molecule has 5 nitrogen and oxygen atoms in total. The number of carbonyl (C=O) groups is 1. The summed E-state index contributed by atoms with van der Waals surface area (Å²) < 4.78 is 21.8. The summed E-state index contributed by atoms with van der Waals surface area (Å²) >= 11 is 0. The van der Waals surface area contributed by atoms with E-state index >= 15 is 0 Å². The summed E-state index contributed by atoms with van der Waals surface area (Å²) in [4.78, 5) is 25.4. The van der Waals surface area contributed by atoms with Crippen molar-refractivity contribution >= 4 is 29.3 Å². The Morgan fingerprint density at radius 2 is 2.00 bits per heavy atom. The first-order valence-corrected chi connectivity index (χ1v) is 9.25. The maximum atomic E-state index is 14.4. The van der Waals surface area contributed by atoms with Crippen molar-refractivity contribution in [1.82, 2.24) is 9.88 Å². The highest BCUT2D eigenvalue weighted by molar-refractivity contribution is 5.94. The minimum absolute atomic E-state index is 0.00233. The summed E-state index contributed by atoms with van der Waals surface area (Å²) in [6.07, 6.45) is 3.78. The van der Waals surface area contributed by atoms with Crippen molar-refractivity contribution in [2.75, 3.05) is 13.2 Å². The summed E-state index contributed by atoms with van der Waals surface area (Å²) in [5.41, 5.74) is -0.0350. The van der Waals surface area contributed by atoms with Crippen LogP contribution in [0.5, 0.6) is 5.75 Å². The Labute approximate surface area is 166 Å². The molecule has 0 unspecified atom stereocenters. The van der Waals surface area contributed by atoms with Crippen LogP contribution in [0.3, 0.4) is 0 Å². The van der Waals surface area contributed by atoms with Crippen LogP contribution in [0.2, 0.25) is 0 Å². The van der Waals surface area contributed by atoms with Gasteiger partial charge in [-0.05, 0) is 42.0 Å². The number of ether oxygens (including phenoxy) is 1. The molecule has 1 aliphatic rings. The lowest BCUT2D eigenvalue weighted by Crippen LogP contribution is -2.48. The monoisotopic (exact) mass is 390 g/mol. The Hall–Kier alpha value is -3.67. The number of hydrogen-bond donors (Lipinski definition) is 1. The van der Waals surface area contributed by atoms with Gasteiger partial charge in [-0.1, -0.05) is 30.8 Å². The molecule has 2 aromatic carbocycles. The summed E-state index contributed by atoms with van der Waals surface area (Å²) in [5.74, 6) is -0.655. The second-order valence-corrected chi connectivity index (χ2v) is 6.67. The first-order chi connectivity index (χ1) is 14.0. The molecule has 1 amide bonds. The number of halogens is 1. The van der Waals surface area contributed by atoms with E-state index in [0.717, 1.165) is 16.8 Å². The van der Waals surface area contributed by atoms with E-state index in [4.69, 9.17) is 4.74 Å². The van der Waals surface area contributed by atoms with Crippen LogP contribution in [0.1, 0.15) is 17.3 Å². The first kappa shape index (κ1) is 18.7. The maximum Gasteiger partial charge on any atom is 0.256 e. The normalized spacial score (nSPS) is 15.9.